The number of imidazole rings is 1. The first-order valence-corrected chi connectivity index (χ1v) is 11.6. The van der Waals surface area contributed by atoms with Crippen molar-refractivity contribution in [3.8, 4) is 0 Å². The van der Waals surface area contributed by atoms with E-state index in [2.05, 4.69) is 25.6 Å². The average Bonchev–Trinajstić information content (AvgIpc) is 3.16. The summed E-state index contributed by atoms with van der Waals surface area (Å²) in [5.41, 5.74) is 5.72. The molecular weight excluding hydrogens is 529 g/mol. The van der Waals surface area contributed by atoms with E-state index in [1.54, 1.807) is 4.57 Å². The standard InChI is InChI=1S/C21H21Cl2F4N7O2/c22-10-5-12(23)16(13(24)6-10)32-20-30-14-7-29-19(31-15(8-35)21(25,26)27)33-18(14)34(20)11-3-1-9(2-4-11)17(28)36/h5-7,9,11,15,35H,1-4,8H2,(H2,28,36)(H,30,32)(H,29,31,33)/t9?,11?,15-/m1/s1. The Morgan fingerprint density at radius 2 is 1.92 bits per heavy atom. The molecular formula is C21H21Cl2F4N7O2. The first-order valence-electron chi connectivity index (χ1n) is 10.9. The number of carbonyl (C=O) groups is 1. The molecule has 2 heterocycles. The Labute approximate surface area is 212 Å². The molecule has 5 N–H and O–H groups in total. The molecule has 0 bridgehead atoms. The Kier molecular flexibility index (Phi) is 7.43. The lowest BCUT2D eigenvalue weighted by Gasteiger charge is -2.29. The second kappa shape index (κ2) is 10.2. The number of aliphatic hydroxyl groups excluding tert-OH is 1. The maximum absolute atomic E-state index is 14.6. The summed E-state index contributed by atoms with van der Waals surface area (Å²) in [6.07, 6.45) is -1.60. The molecule has 1 aliphatic carbocycles. The summed E-state index contributed by atoms with van der Waals surface area (Å²) in [5.74, 6) is -1.72. The van der Waals surface area contributed by atoms with E-state index < -0.39 is 30.5 Å². The van der Waals surface area contributed by atoms with Crippen LogP contribution in [0.15, 0.2) is 18.3 Å². The monoisotopic (exact) mass is 549 g/mol. The van der Waals surface area contributed by atoms with Gasteiger partial charge in [0.15, 0.2) is 5.65 Å². The minimum absolute atomic E-state index is 0.0135. The highest BCUT2D eigenvalue weighted by Crippen LogP contribution is 2.38. The molecule has 9 nitrogen and oxygen atoms in total. The summed E-state index contributed by atoms with van der Waals surface area (Å²) in [6, 6.07) is -0.166. The van der Waals surface area contributed by atoms with Crippen LogP contribution in [0.25, 0.3) is 11.2 Å². The molecule has 4 rings (SSSR count). The number of primary amides is 1. The number of nitrogens with zero attached hydrogens (tertiary/aromatic N) is 4. The van der Waals surface area contributed by atoms with Crippen LogP contribution in [0.3, 0.4) is 0 Å². The Bertz CT molecular complexity index is 1260. The highest BCUT2D eigenvalue weighted by molar-refractivity contribution is 6.36. The minimum Gasteiger partial charge on any atom is -0.394 e. The summed E-state index contributed by atoms with van der Waals surface area (Å²) >= 11 is 12.0. The van der Waals surface area contributed by atoms with Crippen molar-refractivity contribution >= 4 is 57.9 Å². The Morgan fingerprint density at radius 3 is 2.50 bits per heavy atom. The summed E-state index contributed by atoms with van der Waals surface area (Å²) < 4.78 is 55.7. The fourth-order valence-electron chi connectivity index (χ4n) is 4.17. The number of carbonyl (C=O) groups excluding carboxylic acids is 1. The molecule has 0 unspecified atom stereocenters. The predicted octanol–water partition coefficient (Wildman–Crippen LogP) is 4.57. The van der Waals surface area contributed by atoms with E-state index >= 15 is 0 Å². The Balaban J connectivity index is 1.77. The number of aliphatic hydroxyl groups is 1. The predicted molar refractivity (Wildman–Crippen MR) is 126 cm³/mol. The van der Waals surface area contributed by atoms with Crippen molar-refractivity contribution in [3.05, 3.63) is 34.2 Å². The molecule has 36 heavy (non-hydrogen) atoms. The molecule has 1 amide bonds. The number of hydrogen-bond donors (Lipinski definition) is 4. The van der Waals surface area contributed by atoms with E-state index in [4.69, 9.17) is 34.0 Å². The van der Waals surface area contributed by atoms with E-state index in [9.17, 15) is 22.4 Å². The molecule has 1 fully saturated rings. The van der Waals surface area contributed by atoms with E-state index in [1.807, 2.05) is 0 Å². The van der Waals surface area contributed by atoms with Gasteiger partial charge in [-0.2, -0.15) is 18.2 Å². The highest BCUT2D eigenvalue weighted by Gasteiger charge is 2.40. The molecule has 1 aromatic carbocycles. The second-order valence-corrected chi connectivity index (χ2v) is 9.25. The quantitative estimate of drug-likeness (QED) is 0.317. The zero-order chi connectivity index (χ0) is 26.2. The summed E-state index contributed by atoms with van der Waals surface area (Å²) in [7, 11) is 0. The first-order chi connectivity index (χ1) is 17.0. The first kappa shape index (κ1) is 26.2. The molecule has 0 radical (unpaired) electrons. The van der Waals surface area contributed by atoms with Gasteiger partial charge in [0.05, 0.1) is 23.5 Å². The third kappa shape index (κ3) is 5.42. The van der Waals surface area contributed by atoms with Gasteiger partial charge < -0.3 is 21.5 Å². The number of benzene rings is 1. The van der Waals surface area contributed by atoms with E-state index in [0.29, 0.717) is 25.7 Å². The van der Waals surface area contributed by atoms with E-state index in [1.165, 1.54) is 12.3 Å². The van der Waals surface area contributed by atoms with Gasteiger partial charge >= 0.3 is 6.18 Å². The van der Waals surface area contributed by atoms with Gasteiger partial charge in [0, 0.05) is 17.0 Å². The number of hydrogen-bond acceptors (Lipinski definition) is 7. The van der Waals surface area contributed by atoms with Gasteiger partial charge in [-0.1, -0.05) is 23.2 Å². The number of alkyl halides is 3. The Morgan fingerprint density at radius 1 is 1.22 bits per heavy atom. The van der Waals surface area contributed by atoms with Crippen LogP contribution in [0.1, 0.15) is 31.7 Å². The summed E-state index contributed by atoms with van der Waals surface area (Å²) in [5, 5.41) is 14.1. The van der Waals surface area contributed by atoms with E-state index in [-0.39, 0.29) is 50.8 Å². The smallest absolute Gasteiger partial charge is 0.394 e. The SMILES string of the molecule is NC(=O)C1CCC(n2c(Nc3c(F)cc(Cl)cc3Cl)nc3cnc(N[C@H](CO)C(F)(F)F)nc32)CC1. The van der Waals surface area contributed by atoms with Crippen LogP contribution in [0, 0.1) is 11.7 Å². The number of nitrogens with one attached hydrogen (secondary N) is 2. The maximum Gasteiger partial charge on any atom is 0.410 e. The number of fused-ring (bicyclic) bond motifs is 1. The van der Waals surface area contributed by atoms with Gasteiger partial charge in [-0.3, -0.25) is 9.36 Å². The number of nitrogens with two attached hydrogens (primary N) is 1. The number of anilines is 3. The fourth-order valence-corrected chi connectivity index (χ4v) is 4.69. The van der Waals surface area contributed by atoms with Gasteiger partial charge in [-0.15, -0.1) is 0 Å². The fraction of sp³-hybridized carbons (Fsp3) is 0.429. The molecule has 15 heteroatoms. The molecule has 1 aliphatic rings. The molecule has 2 aromatic heterocycles. The maximum atomic E-state index is 14.6. The van der Waals surface area contributed by atoms with Gasteiger partial charge in [0.25, 0.3) is 0 Å². The number of halogens is 6. The van der Waals surface area contributed by atoms with Crippen molar-refractivity contribution in [1.82, 2.24) is 19.5 Å². The Hall–Kier alpha value is -2.90. The van der Waals surface area contributed by atoms with Gasteiger partial charge in [0.1, 0.15) is 17.4 Å². The van der Waals surface area contributed by atoms with Crippen molar-refractivity contribution in [1.29, 1.82) is 0 Å². The highest BCUT2D eigenvalue weighted by atomic mass is 35.5. The summed E-state index contributed by atoms with van der Waals surface area (Å²) in [4.78, 5) is 24.1. The van der Waals surface area contributed by atoms with Crippen molar-refractivity contribution in [2.24, 2.45) is 11.7 Å². The van der Waals surface area contributed by atoms with Crippen LogP contribution in [0.2, 0.25) is 10.0 Å². The lowest BCUT2D eigenvalue weighted by atomic mass is 9.85. The summed E-state index contributed by atoms with van der Waals surface area (Å²) in [6.45, 7) is -1.22. The van der Waals surface area contributed by atoms with Crippen molar-refractivity contribution < 1.29 is 27.5 Å². The number of rotatable bonds is 7. The molecule has 0 aliphatic heterocycles. The molecule has 1 saturated carbocycles. The largest absolute Gasteiger partial charge is 0.410 e. The topological polar surface area (TPSA) is 131 Å². The third-order valence-electron chi connectivity index (χ3n) is 6.02. The number of aromatic nitrogens is 4. The zero-order valence-electron chi connectivity index (χ0n) is 18.5. The molecule has 194 valence electrons. The van der Waals surface area contributed by atoms with Crippen LogP contribution < -0.4 is 16.4 Å². The lowest BCUT2D eigenvalue weighted by molar-refractivity contribution is -0.149. The van der Waals surface area contributed by atoms with Gasteiger partial charge in [0.2, 0.25) is 17.8 Å². The molecule has 3 aromatic rings. The second-order valence-electron chi connectivity index (χ2n) is 8.41. The average molecular weight is 550 g/mol. The van der Waals surface area contributed by atoms with Crippen LogP contribution in [0.4, 0.5) is 35.1 Å². The van der Waals surface area contributed by atoms with Gasteiger partial charge in [-0.25, -0.2) is 14.4 Å². The normalized spacial score (nSPS) is 19.3. The molecule has 1 atom stereocenters. The van der Waals surface area contributed by atoms with Gasteiger partial charge in [-0.05, 0) is 37.8 Å². The third-order valence-corrected chi connectivity index (χ3v) is 6.54. The number of amides is 1. The van der Waals surface area contributed by atoms with Crippen LogP contribution in [0.5, 0.6) is 0 Å². The van der Waals surface area contributed by atoms with Crippen LogP contribution >= 0.6 is 23.2 Å². The van der Waals surface area contributed by atoms with Crippen molar-refractivity contribution in [3.63, 3.8) is 0 Å². The molecule has 0 spiro atoms. The minimum atomic E-state index is -4.74. The van der Waals surface area contributed by atoms with Crippen molar-refractivity contribution in [2.75, 3.05) is 17.2 Å². The van der Waals surface area contributed by atoms with Crippen LogP contribution in [-0.4, -0.2) is 49.4 Å². The molecule has 0 saturated heterocycles. The zero-order valence-corrected chi connectivity index (χ0v) is 20.0. The van der Waals surface area contributed by atoms with E-state index in [0.717, 1.165) is 6.07 Å². The van der Waals surface area contributed by atoms with Crippen molar-refractivity contribution in [2.45, 2.75) is 43.9 Å². The lowest BCUT2D eigenvalue weighted by Crippen LogP contribution is -2.39. The van der Waals surface area contributed by atoms with Crippen LogP contribution in [-0.2, 0) is 4.79 Å².